The largest absolute Gasteiger partial charge is 0.497 e. The number of hydrogen-bond donors (Lipinski definition) is 0. The van der Waals surface area contributed by atoms with E-state index in [9.17, 15) is 9.59 Å². The highest BCUT2D eigenvalue weighted by Gasteiger charge is 2.35. The topological polar surface area (TPSA) is 46.6 Å². The van der Waals surface area contributed by atoms with Crippen molar-refractivity contribution in [3.8, 4) is 5.75 Å². The molecule has 0 bridgehead atoms. The highest BCUT2D eigenvalue weighted by atomic mass is 16.5. The fraction of sp³-hybridized carbons (Fsp3) is 0.364. The first kappa shape index (κ1) is 18.2. The number of fused-ring (bicyclic) bond motifs is 1. The molecule has 1 aliphatic heterocycles. The molecule has 0 spiro atoms. The maximum Gasteiger partial charge on any atom is 0.228 e. The van der Waals surface area contributed by atoms with Crippen molar-refractivity contribution in [3.05, 3.63) is 65.2 Å². The maximum atomic E-state index is 13.1. The van der Waals surface area contributed by atoms with E-state index in [2.05, 4.69) is 12.1 Å². The summed E-state index contributed by atoms with van der Waals surface area (Å²) in [5.41, 5.74) is 2.38. The van der Waals surface area contributed by atoms with Crippen LogP contribution < -0.4 is 4.74 Å². The molecule has 2 aromatic rings. The van der Waals surface area contributed by atoms with Crippen LogP contribution in [0.5, 0.6) is 5.75 Å². The van der Waals surface area contributed by atoms with Crippen molar-refractivity contribution in [2.75, 3.05) is 13.7 Å². The van der Waals surface area contributed by atoms with Crippen LogP contribution in [0.15, 0.2) is 48.5 Å². The minimum absolute atomic E-state index is 0.0246. The number of hydrogen-bond acceptors (Lipinski definition) is 3. The van der Waals surface area contributed by atoms with Crippen molar-refractivity contribution in [1.82, 2.24) is 4.90 Å². The molecular formula is C22H25NO3. The number of ether oxygens (including phenoxy) is 1. The van der Waals surface area contributed by atoms with Gasteiger partial charge in [0.15, 0.2) is 5.78 Å². The minimum Gasteiger partial charge on any atom is -0.497 e. The van der Waals surface area contributed by atoms with E-state index in [1.54, 1.807) is 31.4 Å². The number of rotatable bonds is 5. The lowest BCUT2D eigenvalue weighted by Gasteiger charge is -2.35. The lowest BCUT2D eigenvalue weighted by molar-refractivity contribution is -0.141. The van der Waals surface area contributed by atoms with E-state index in [1.165, 1.54) is 11.1 Å². The van der Waals surface area contributed by atoms with Gasteiger partial charge >= 0.3 is 0 Å². The van der Waals surface area contributed by atoms with Gasteiger partial charge in [-0.25, -0.2) is 0 Å². The van der Waals surface area contributed by atoms with E-state index in [-0.39, 0.29) is 18.1 Å². The Labute approximate surface area is 154 Å². The molecular weight excluding hydrogens is 326 g/mol. The summed E-state index contributed by atoms with van der Waals surface area (Å²) in [5.74, 6) is 0.723. The highest BCUT2D eigenvalue weighted by Crippen LogP contribution is 2.29. The number of carbonyl (C=O) groups is 2. The van der Waals surface area contributed by atoms with Crippen LogP contribution in [0.3, 0.4) is 0 Å². The molecule has 0 radical (unpaired) electrons. The van der Waals surface area contributed by atoms with Gasteiger partial charge in [0.1, 0.15) is 5.75 Å². The van der Waals surface area contributed by atoms with Crippen molar-refractivity contribution in [2.45, 2.75) is 33.2 Å². The van der Waals surface area contributed by atoms with Gasteiger partial charge in [-0.05, 0) is 41.8 Å². The van der Waals surface area contributed by atoms with Gasteiger partial charge in [0.05, 0.1) is 12.5 Å². The van der Waals surface area contributed by atoms with Gasteiger partial charge in [0.2, 0.25) is 5.91 Å². The third-order valence-corrected chi connectivity index (χ3v) is 5.01. The number of ketones is 1. The third-order valence-electron chi connectivity index (χ3n) is 5.01. The standard InChI is InChI=1S/C22H25NO3/c1-22(2,14-20(24)17-8-10-19(26-3)11-9-17)21(25)23-13-12-16-6-4-5-7-18(16)15-23/h4-11H,12-15H2,1-3H3. The molecule has 2 aromatic carbocycles. The quantitative estimate of drug-likeness (QED) is 0.768. The van der Waals surface area contributed by atoms with Gasteiger partial charge in [0, 0.05) is 25.1 Å². The van der Waals surface area contributed by atoms with Crippen LogP contribution in [0.4, 0.5) is 0 Å². The first-order valence-electron chi connectivity index (χ1n) is 8.94. The summed E-state index contributed by atoms with van der Waals surface area (Å²) in [6.45, 7) is 5.04. The van der Waals surface area contributed by atoms with Crippen molar-refractivity contribution in [1.29, 1.82) is 0 Å². The molecule has 0 saturated carbocycles. The van der Waals surface area contributed by atoms with Crippen LogP contribution in [-0.4, -0.2) is 30.2 Å². The minimum atomic E-state index is -0.733. The Morgan fingerprint density at radius 1 is 1.04 bits per heavy atom. The Hall–Kier alpha value is -2.62. The molecule has 0 aromatic heterocycles. The number of benzene rings is 2. The Morgan fingerprint density at radius 3 is 2.35 bits per heavy atom. The zero-order chi connectivity index (χ0) is 18.7. The number of carbonyl (C=O) groups excluding carboxylic acids is 2. The summed E-state index contributed by atoms with van der Waals surface area (Å²) in [5, 5.41) is 0. The summed E-state index contributed by atoms with van der Waals surface area (Å²) in [6, 6.07) is 15.3. The Bertz CT molecular complexity index is 808. The van der Waals surface area contributed by atoms with Crippen molar-refractivity contribution in [3.63, 3.8) is 0 Å². The smallest absolute Gasteiger partial charge is 0.228 e. The van der Waals surface area contributed by atoms with E-state index in [0.717, 1.165) is 6.42 Å². The zero-order valence-electron chi connectivity index (χ0n) is 15.6. The molecule has 0 unspecified atom stereocenters. The molecule has 4 heteroatoms. The number of amides is 1. The van der Waals surface area contributed by atoms with E-state index in [4.69, 9.17) is 4.74 Å². The van der Waals surface area contributed by atoms with Gasteiger partial charge < -0.3 is 9.64 Å². The predicted octanol–water partition coefficient (Wildman–Crippen LogP) is 3.88. The van der Waals surface area contributed by atoms with Crippen LogP contribution >= 0.6 is 0 Å². The van der Waals surface area contributed by atoms with Crippen LogP contribution in [0, 0.1) is 5.41 Å². The maximum absolute atomic E-state index is 13.1. The molecule has 136 valence electrons. The number of nitrogens with zero attached hydrogens (tertiary/aromatic N) is 1. The molecule has 0 saturated heterocycles. The van der Waals surface area contributed by atoms with Gasteiger partial charge in [-0.3, -0.25) is 9.59 Å². The monoisotopic (exact) mass is 351 g/mol. The SMILES string of the molecule is COc1ccc(C(=O)CC(C)(C)C(=O)N2CCc3ccccc3C2)cc1. The first-order chi connectivity index (χ1) is 12.4. The second-order valence-corrected chi connectivity index (χ2v) is 7.46. The van der Waals surface area contributed by atoms with Gasteiger partial charge in [-0.2, -0.15) is 0 Å². The molecule has 0 atom stereocenters. The average molecular weight is 351 g/mol. The molecule has 1 amide bonds. The van der Waals surface area contributed by atoms with Crippen LogP contribution in [-0.2, 0) is 17.8 Å². The van der Waals surface area contributed by atoms with Crippen molar-refractivity contribution < 1.29 is 14.3 Å². The number of Topliss-reactive ketones (excluding diaryl/α,β-unsaturated/α-hetero) is 1. The van der Waals surface area contributed by atoms with Gasteiger partial charge in [-0.1, -0.05) is 38.1 Å². The molecule has 0 N–H and O–H groups in total. The molecule has 0 fully saturated rings. The Kier molecular flexibility index (Phi) is 5.12. The molecule has 26 heavy (non-hydrogen) atoms. The van der Waals surface area contributed by atoms with E-state index >= 15 is 0 Å². The average Bonchev–Trinajstić information content (AvgIpc) is 2.66. The van der Waals surface area contributed by atoms with Crippen LogP contribution in [0.1, 0.15) is 41.8 Å². The fourth-order valence-electron chi connectivity index (χ4n) is 3.45. The fourth-order valence-corrected chi connectivity index (χ4v) is 3.45. The van der Waals surface area contributed by atoms with E-state index in [1.807, 2.05) is 30.9 Å². The second-order valence-electron chi connectivity index (χ2n) is 7.46. The molecule has 1 heterocycles. The highest BCUT2D eigenvalue weighted by molar-refractivity contribution is 5.99. The predicted molar refractivity (Wildman–Crippen MR) is 101 cm³/mol. The molecule has 0 aliphatic carbocycles. The lowest BCUT2D eigenvalue weighted by Crippen LogP contribution is -2.44. The van der Waals surface area contributed by atoms with Crippen molar-refractivity contribution >= 4 is 11.7 Å². The zero-order valence-corrected chi connectivity index (χ0v) is 15.6. The summed E-state index contributed by atoms with van der Waals surface area (Å²) in [7, 11) is 1.59. The molecule has 4 nitrogen and oxygen atoms in total. The van der Waals surface area contributed by atoms with E-state index < -0.39 is 5.41 Å². The van der Waals surface area contributed by atoms with Crippen molar-refractivity contribution in [2.24, 2.45) is 5.41 Å². The van der Waals surface area contributed by atoms with E-state index in [0.29, 0.717) is 24.4 Å². The molecule has 3 rings (SSSR count). The lowest BCUT2D eigenvalue weighted by atomic mass is 9.83. The summed E-state index contributed by atoms with van der Waals surface area (Å²) < 4.78 is 5.12. The second kappa shape index (κ2) is 7.32. The normalized spacial score (nSPS) is 13.9. The summed E-state index contributed by atoms with van der Waals surface area (Å²) in [6.07, 6.45) is 1.06. The van der Waals surface area contributed by atoms with Crippen LogP contribution in [0.25, 0.3) is 0 Å². The molecule has 1 aliphatic rings. The van der Waals surface area contributed by atoms with Gasteiger partial charge in [-0.15, -0.1) is 0 Å². The van der Waals surface area contributed by atoms with Crippen LogP contribution in [0.2, 0.25) is 0 Å². The Balaban J connectivity index is 1.69. The summed E-state index contributed by atoms with van der Waals surface area (Å²) >= 11 is 0. The first-order valence-corrected chi connectivity index (χ1v) is 8.94. The van der Waals surface area contributed by atoms with Gasteiger partial charge in [0.25, 0.3) is 0 Å². The number of methoxy groups -OCH3 is 1. The summed E-state index contributed by atoms with van der Waals surface area (Å²) in [4.78, 5) is 27.6. The third kappa shape index (κ3) is 3.79. The Morgan fingerprint density at radius 2 is 1.69 bits per heavy atom.